The first-order valence-corrected chi connectivity index (χ1v) is 20.4. The van der Waals surface area contributed by atoms with Crippen LogP contribution in [0.15, 0.2) is 77.5 Å². The first-order chi connectivity index (χ1) is 18.0. The molecule has 0 spiro atoms. The molecule has 0 saturated heterocycles. The third-order valence-electron chi connectivity index (χ3n) is 7.72. The van der Waals surface area contributed by atoms with E-state index in [2.05, 4.69) is 128 Å². The fraction of sp³-hybridized carbons (Fsp3) is 0.250. The second kappa shape index (κ2) is 8.51. The molecule has 6 rings (SSSR count). The molecular weight excluding hydrogens is 499 g/mol. The first kappa shape index (κ1) is 24.8. The molecule has 0 aliphatic rings. The predicted octanol–water partition coefficient (Wildman–Crippen LogP) is 6.82. The molecule has 4 nitrogen and oxygen atoms in total. The van der Waals surface area contributed by atoms with Crippen molar-refractivity contribution < 1.29 is 8.98 Å². The molecule has 3 heterocycles. The topological polar surface area (TPSA) is 34.8 Å². The number of hydrogen-bond donors (Lipinski definition) is 0. The highest BCUT2D eigenvalue weighted by Gasteiger charge is 2.39. The molecule has 0 unspecified atom stereocenters. The Morgan fingerprint density at radius 3 is 2.26 bits per heavy atom. The Bertz CT molecular complexity index is 1870. The fourth-order valence-corrected chi connectivity index (χ4v) is 9.36. The van der Waals surface area contributed by atoms with Gasteiger partial charge in [0, 0.05) is 28.4 Å². The fourth-order valence-electron chi connectivity index (χ4n) is 5.89. The van der Waals surface area contributed by atoms with Gasteiger partial charge in [-0.2, -0.15) is 4.57 Å². The smallest absolute Gasteiger partial charge is 0.296 e. The molecule has 6 heteroatoms. The number of furan rings is 1. The number of fused-ring (bicyclic) bond motifs is 4. The van der Waals surface area contributed by atoms with Gasteiger partial charge in [0.2, 0.25) is 0 Å². The Balaban J connectivity index is 1.91. The highest BCUT2D eigenvalue weighted by Crippen LogP contribution is 2.34. The van der Waals surface area contributed by atoms with Crippen LogP contribution in [0, 0.1) is 6.92 Å². The number of pyridine rings is 1. The van der Waals surface area contributed by atoms with Crippen molar-refractivity contribution in [1.82, 2.24) is 9.55 Å². The van der Waals surface area contributed by atoms with Gasteiger partial charge in [-0.1, -0.05) is 69.6 Å². The van der Waals surface area contributed by atoms with E-state index in [0.717, 1.165) is 22.6 Å². The summed E-state index contributed by atoms with van der Waals surface area (Å²) < 4.78 is 11.6. The molecule has 38 heavy (non-hydrogen) atoms. The quantitative estimate of drug-likeness (QED) is 0.184. The standard InChI is InChI=1S/C32H36N3OSi2/c1-21-17-18-33-20-24(21)32-34(2)25-14-10-11-15-26(25)35(32)29-28(37(3,4)5)19-23-22-13-9-12-16-27(22)36-30(23)31(29)38(6,7)8/h9-20H,1-8H3/q+1. The lowest BCUT2D eigenvalue weighted by molar-refractivity contribution is -0.633. The number of aromatic nitrogens is 3. The SMILES string of the molecule is Cc1ccncc1-c1n(-c2c([Si](C)(C)C)cc3c(oc4ccccc43)c2[Si](C)(C)C)c2ccccc2[n+]1C. The van der Waals surface area contributed by atoms with Crippen molar-refractivity contribution in [3.8, 4) is 17.1 Å². The van der Waals surface area contributed by atoms with Crippen LogP contribution in [0.1, 0.15) is 5.56 Å². The number of hydrogen-bond acceptors (Lipinski definition) is 2. The first-order valence-electron chi connectivity index (χ1n) is 13.4. The maximum Gasteiger partial charge on any atom is 0.296 e. The van der Waals surface area contributed by atoms with Gasteiger partial charge in [-0.05, 0) is 48.0 Å². The summed E-state index contributed by atoms with van der Waals surface area (Å²) in [4.78, 5) is 4.56. The minimum atomic E-state index is -1.93. The van der Waals surface area contributed by atoms with E-state index in [1.807, 2.05) is 12.4 Å². The molecule has 0 bridgehead atoms. The molecule has 0 fully saturated rings. The van der Waals surface area contributed by atoms with Crippen molar-refractivity contribution in [3.05, 3.63) is 78.6 Å². The minimum Gasteiger partial charge on any atom is -0.456 e. The van der Waals surface area contributed by atoms with Gasteiger partial charge >= 0.3 is 0 Å². The van der Waals surface area contributed by atoms with E-state index >= 15 is 0 Å². The van der Waals surface area contributed by atoms with Crippen molar-refractivity contribution in [2.45, 2.75) is 46.2 Å². The highest BCUT2D eigenvalue weighted by molar-refractivity contribution is 6.94. The van der Waals surface area contributed by atoms with Crippen LogP contribution in [0.2, 0.25) is 39.3 Å². The summed E-state index contributed by atoms with van der Waals surface area (Å²) in [7, 11) is -1.58. The van der Waals surface area contributed by atoms with Crippen LogP contribution in [0.3, 0.4) is 0 Å². The van der Waals surface area contributed by atoms with Crippen LogP contribution >= 0.6 is 0 Å². The van der Waals surface area contributed by atoms with Gasteiger partial charge in [0.15, 0.2) is 11.0 Å². The number of aryl methyl sites for hydroxylation is 2. The zero-order chi connectivity index (χ0) is 27.0. The largest absolute Gasteiger partial charge is 0.456 e. The van der Waals surface area contributed by atoms with Gasteiger partial charge < -0.3 is 4.42 Å². The molecule has 6 aromatic rings. The lowest BCUT2D eigenvalue weighted by Crippen LogP contribution is -2.49. The summed E-state index contributed by atoms with van der Waals surface area (Å²) in [5.74, 6) is 1.16. The number of imidazole rings is 1. The summed E-state index contributed by atoms with van der Waals surface area (Å²) in [5, 5.41) is 5.32. The lowest BCUT2D eigenvalue weighted by Gasteiger charge is -2.27. The van der Waals surface area contributed by atoms with Crippen LogP contribution in [0.5, 0.6) is 0 Å². The van der Waals surface area contributed by atoms with Gasteiger partial charge in [0.25, 0.3) is 5.82 Å². The molecule has 192 valence electrons. The van der Waals surface area contributed by atoms with Crippen molar-refractivity contribution in [1.29, 1.82) is 0 Å². The average Bonchev–Trinajstić information content (AvgIpc) is 3.37. The molecule has 0 N–H and O–H groups in total. The van der Waals surface area contributed by atoms with E-state index in [9.17, 15) is 0 Å². The minimum absolute atomic E-state index is 0.965. The Morgan fingerprint density at radius 1 is 0.842 bits per heavy atom. The molecule has 3 aromatic heterocycles. The molecular formula is C32H36N3OSi2+. The van der Waals surface area contributed by atoms with Crippen molar-refractivity contribution in [2.24, 2.45) is 7.05 Å². The second-order valence-electron chi connectivity index (χ2n) is 12.5. The highest BCUT2D eigenvalue weighted by atomic mass is 28.3. The lowest BCUT2D eigenvalue weighted by atomic mass is 10.1. The van der Waals surface area contributed by atoms with Crippen LogP contribution < -0.4 is 14.9 Å². The van der Waals surface area contributed by atoms with Crippen molar-refractivity contribution in [3.63, 3.8) is 0 Å². The second-order valence-corrected chi connectivity index (χ2v) is 22.6. The van der Waals surface area contributed by atoms with Crippen LogP contribution in [-0.2, 0) is 7.05 Å². The van der Waals surface area contributed by atoms with Gasteiger partial charge in [-0.3, -0.25) is 4.98 Å². The van der Waals surface area contributed by atoms with Crippen molar-refractivity contribution >= 4 is 59.5 Å². The summed E-state index contributed by atoms with van der Waals surface area (Å²) in [6.07, 6.45) is 3.90. The van der Waals surface area contributed by atoms with Crippen LogP contribution in [0.25, 0.3) is 50.0 Å². The molecule has 0 atom stereocenters. The van der Waals surface area contributed by atoms with E-state index in [-0.39, 0.29) is 0 Å². The number of benzene rings is 3. The van der Waals surface area contributed by atoms with E-state index < -0.39 is 16.1 Å². The summed E-state index contributed by atoms with van der Waals surface area (Å²) in [5.41, 5.74) is 8.13. The van der Waals surface area contributed by atoms with E-state index in [0.29, 0.717) is 0 Å². The molecule has 0 saturated carbocycles. The predicted molar refractivity (Wildman–Crippen MR) is 166 cm³/mol. The maximum absolute atomic E-state index is 6.75. The van der Waals surface area contributed by atoms with Gasteiger partial charge in [0.05, 0.1) is 28.8 Å². The van der Waals surface area contributed by atoms with Crippen LogP contribution in [-0.4, -0.2) is 25.7 Å². The summed E-state index contributed by atoms with van der Waals surface area (Å²) >= 11 is 0. The Hall–Kier alpha value is -3.49. The summed E-state index contributed by atoms with van der Waals surface area (Å²) in [6, 6.07) is 21.8. The average molecular weight is 535 g/mol. The van der Waals surface area contributed by atoms with Gasteiger partial charge in [-0.25, -0.2) is 4.57 Å². The maximum atomic E-state index is 6.75. The Morgan fingerprint density at radius 2 is 1.55 bits per heavy atom. The zero-order valence-corrected chi connectivity index (χ0v) is 25.7. The van der Waals surface area contributed by atoms with Gasteiger partial charge in [-0.15, -0.1) is 0 Å². The molecule has 0 aliphatic carbocycles. The van der Waals surface area contributed by atoms with E-state index in [1.165, 1.54) is 43.4 Å². The molecule has 3 aromatic carbocycles. The van der Waals surface area contributed by atoms with Crippen molar-refractivity contribution in [2.75, 3.05) is 0 Å². The zero-order valence-electron chi connectivity index (χ0n) is 23.7. The number of para-hydroxylation sites is 3. The monoisotopic (exact) mass is 534 g/mol. The van der Waals surface area contributed by atoms with Crippen LogP contribution in [0.4, 0.5) is 0 Å². The van der Waals surface area contributed by atoms with E-state index in [1.54, 1.807) is 0 Å². The van der Waals surface area contributed by atoms with E-state index in [4.69, 9.17) is 4.42 Å². The molecule has 0 radical (unpaired) electrons. The third-order valence-corrected chi connectivity index (χ3v) is 11.7. The number of nitrogens with zero attached hydrogens (tertiary/aromatic N) is 3. The third kappa shape index (κ3) is 3.69. The molecule has 0 amide bonds. The Labute approximate surface area is 226 Å². The summed E-state index contributed by atoms with van der Waals surface area (Å²) in [6.45, 7) is 16.9. The molecule has 0 aliphatic heterocycles. The number of rotatable bonds is 4. The Kier molecular flexibility index (Phi) is 5.56. The van der Waals surface area contributed by atoms with Gasteiger partial charge in [0.1, 0.15) is 16.9 Å². The normalized spacial score (nSPS) is 12.7.